The molecule has 0 spiro atoms. The van der Waals surface area contributed by atoms with Gasteiger partial charge in [0.15, 0.2) is 0 Å². The summed E-state index contributed by atoms with van der Waals surface area (Å²) in [5.74, 6) is 1.58. The highest BCUT2D eigenvalue weighted by atomic mass is 35.5. The van der Waals surface area contributed by atoms with Crippen molar-refractivity contribution < 1.29 is 0 Å². The van der Waals surface area contributed by atoms with Gasteiger partial charge in [0.25, 0.3) is 0 Å². The molecule has 0 unspecified atom stereocenters. The Bertz CT molecular complexity index is 575. The van der Waals surface area contributed by atoms with Crippen molar-refractivity contribution in [2.75, 3.05) is 6.54 Å². The van der Waals surface area contributed by atoms with E-state index < -0.39 is 0 Å². The van der Waals surface area contributed by atoms with E-state index in [1.165, 1.54) is 0 Å². The smallest absolute Gasteiger partial charge is 0.139 e. The normalized spacial score (nSPS) is 10.8. The molecule has 0 saturated carbocycles. The van der Waals surface area contributed by atoms with E-state index in [0.717, 1.165) is 46.0 Å². The van der Waals surface area contributed by atoms with Crippen LogP contribution in [-0.4, -0.2) is 16.5 Å². The second kappa shape index (κ2) is 7.62. The second-order valence-electron chi connectivity index (χ2n) is 4.42. The minimum Gasteiger partial charge on any atom is -0.311 e. The molecule has 0 fully saturated rings. The number of halogens is 1. The van der Waals surface area contributed by atoms with Crippen LogP contribution in [0.4, 0.5) is 0 Å². The molecule has 0 radical (unpaired) electrons. The van der Waals surface area contributed by atoms with Gasteiger partial charge in [-0.2, -0.15) is 0 Å². The van der Waals surface area contributed by atoms with Gasteiger partial charge in [-0.1, -0.05) is 30.7 Å². The van der Waals surface area contributed by atoms with Gasteiger partial charge in [-0.15, -0.1) is 11.8 Å². The van der Waals surface area contributed by atoms with Crippen LogP contribution in [0, 0.1) is 6.92 Å². The zero-order valence-corrected chi connectivity index (χ0v) is 13.3. The Labute approximate surface area is 129 Å². The highest BCUT2D eigenvalue weighted by Crippen LogP contribution is 2.28. The van der Waals surface area contributed by atoms with E-state index in [2.05, 4.69) is 22.2 Å². The quantitative estimate of drug-likeness (QED) is 0.823. The molecular weight excluding hydrogens is 290 g/mol. The summed E-state index contributed by atoms with van der Waals surface area (Å²) in [4.78, 5) is 10.1. The van der Waals surface area contributed by atoms with Gasteiger partial charge in [0.2, 0.25) is 0 Å². The predicted molar refractivity (Wildman–Crippen MR) is 85.2 cm³/mol. The fourth-order valence-corrected chi connectivity index (χ4v) is 2.91. The maximum atomic E-state index is 6.15. The first kappa shape index (κ1) is 15.3. The molecule has 0 atom stereocenters. The Morgan fingerprint density at radius 1 is 1.25 bits per heavy atom. The van der Waals surface area contributed by atoms with Crippen LogP contribution in [-0.2, 0) is 12.3 Å². The molecule has 0 bridgehead atoms. The average molecular weight is 308 g/mol. The molecule has 1 aromatic heterocycles. The van der Waals surface area contributed by atoms with Crippen molar-refractivity contribution in [3.05, 3.63) is 52.6 Å². The topological polar surface area (TPSA) is 37.8 Å². The Morgan fingerprint density at radius 2 is 2.05 bits per heavy atom. The van der Waals surface area contributed by atoms with Gasteiger partial charge in [-0.25, -0.2) is 9.97 Å². The molecule has 1 N–H and O–H groups in total. The first-order valence-corrected chi connectivity index (χ1v) is 7.97. The maximum absolute atomic E-state index is 6.15. The minimum atomic E-state index is 0.727. The van der Waals surface area contributed by atoms with E-state index in [1.54, 1.807) is 11.8 Å². The number of rotatable bonds is 6. The number of hydrogen-bond donors (Lipinski definition) is 1. The summed E-state index contributed by atoms with van der Waals surface area (Å²) in [6.07, 6.45) is 0. The van der Waals surface area contributed by atoms with Gasteiger partial charge >= 0.3 is 0 Å². The van der Waals surface area contributed by atoms with Crippen LogP contribution in [0.15, 0.2) is 35.2 Å². The third-order valence-corrected chi connectivity index (χ3v) is 4.21. The highest BCUT2D eigenvalue weighted by molar-refractivity contribution is 7.98. The number of thioether (sulfide) groups is 1. The number of aryl methyl sites for hydroxylation is 1. The van der Waals surface area contributed by atoms with E-state index in [9.17, 15) is 0 Å². The van der Waals surface area contributed by atoms with Crippen LogP contribution in [0.3, 0.4) is 0 Å². The number of aromatic nitrogens is 2. The molecule has 0 aliphatic rings. The van der Waals surface area contributed by atoms with Crippen LogP contribution >= 0.6 is 23.4 Å². The minimum absolute atomic E-state index is 0.727. The van der Waals surface area contributed by atoms with Crippen molar-refractivity contribution in [2.45, 2.75) is 31.0 Å². The van der Waals surface area contributed by atoms with Gasteiger partial charge in [-0.05, 0) is 31.7 Å². The summed E-state index contributed by atoms with van der Waals surface area (Å²) in [6, 6.07) is 9.86. The second-order valence-corrected chi connectivity index (χ2v) is 5.84. The fraction of sp³-hybridized carbons (Fsp3) is 0.333. The van der Waals surface area contributed by atoms with Crippen molar-refractivity contribution in [3.8, 4) is 0 Å². The van der Waals surface area contributed by atoms with E-state index >= 15 is 0 Å². The number of hydrogen-bond acceptors (Lipinski definition) is 4. The summed E-state index contributed by atoms with van der Waals surface area (Å²) in [7, 11) is 0. The Morgan fingerprint density at radius 3 is 2.80 bits per heavy atom. The van der Waals surface area contributed by atoms with Crippen molar-refractivity contribution in [1.82, 2.24) is 15.3 Å². The monoisotopic (exact) mass is 307 g/mol. The lowest BCUT2D eigenvalue weighted by Crippen LogP contribution is -2.14. The lowest BCUT2D eigenvalue weighted by molar-refractivity contribution is 0.702. The molecule has 1 aromatic carbocycles. The summed E-state index contributed by atoms with van der Waals surface area (Å²) < 4.78 is 0. The lowest BCUT2D eigenvalue weighted by Gasteiger charge is -2.07. The zero-order valence-electron chi connectivity index (χ0n) is 11.7. The summed E-state index contributed by atoms with van der Waals surface area (Å²) in [5, 5.41) is 4.06. The van der Waals surface area contributed by atoms with Crippen molar-refractivity contribution >= 4 is 23.4 Å². The first-order chi connectivity index (χ1) is 9.69. The summed E-state index contributed by atoms with van der Waals surface area (Å²) >= 11 is 7.81. The molecule has 20 heavy (non-hydrogen) atoms. The number of nitrogens with zero attached hydrogens (tertiary/aromatic N) is 2. The van der Waals surface area contributed by atoms with Gasteiger partial charge in [0.1, 0.15) is 5.82 Å². The highest BCUT2D eigenvalue weighted by Gasteiger charge is 2.05. The van der Waals surface area contributed by atoms with Crippen LogP contribution in [0.1, 0.15) is 24.1 Å². The lowest BCUT2D eigenvalue weighted by atomic mass is 10.3. The molecule has 3 nitrogen and oxygen atoms in total. The van der Waals surface area contributed by atoms with Crippen LogP contribution < -0.4 is 5.32 Å². The molecule has 0 saturated heterocycles. The van der Waals surface area contributed by atoms with Crippen LogP contribution in [0.5, 0.6) is 0 Å². The first-order valence-electron chi connectivity index (χ1n) is 6.60. The Hall–Kier alpha value is -1.10. The SMILES string of the molecule is CCNCc1cc(C)nc(CSc2ccccc2Cl)n1. The van der Waals surface area contributed by atoms with Crippen LogP contribution in [0.25, 0.3) is 0 Å². The third kappa shape index (κ3) is 4.47. The molecule has 2 rings (SSSR count). The molecular formula is C15H18ClN3S. The molecule has 0 amide bonds. The fourth-order valence-electron chi connectivity index (χ4n) is 1.81. The van der Waals surface area contributed by atoms with Gasteiger partial charge in [-0.3, -0.25) is 0 Å². The molecule has 5 heteroatoms. The third-order valence-electron chi connectivity index (χ3n) is 2.70. The standard InChI is InChI=1S/C15H18ClN3S/c1-3-17-9-12-8-11(2)18-15(19-12)10-20-14-7-5-4-6-13(14)16/h4-8,17H,3,9-10H2,1-2H3. The van der Waals surface area contributed by atoms with Crippen molar-refractivity contribution in [3.63, 3.8) is 0 Å². The largest absolute Gasteiger partial charge is 0.311 e. The van der Waals surface area contributed by atoms with Crippen molar-refractivity contribution in [1.29, 1.82) is 0 Å². The number of nitrogens with one attached hydrogen (secondary N) is 1. The maximum Gasteiger partial charge on any atom is 0.139 e. The molecule has 106 valence electrons. The number of benzene rings is 1. The Balaban J connectivity index is 2.05. The van der Waals surface area contributed by atoms with E-state index in [0.29, 0.717) is 0 Å². The zero-order chi connectivity index (χ0) is 14.4. The van der Waals surface area contributed by atoms with E-state index in [1.807, 2.05) is 37.3 Å². The summed E-state index contributed by atoms with van der Waals surface area (Å²) in [5.41, 5.74) is 2.04. The van der Waals surface area contributed by atoms with E-state index in [-0.39, 0.29) is 0 Å². The molecule has 0 aliphatic heterocycles. The predicted octanol–water partition coefficient (Wildman–Crippen LogP) is 3.84. The van der Waals surface area contributed by atoms with Gasteiger partial charge in [0, 0.05) is 17.1 Å². The van der Waals surface area contributed by atoms with Crippen molar-refractivity contribution in [2.24, 2.45) is 0 Å². The van der Waals surface area contributed by atoms with Crippen LogP contribution in [0.2, 0.25) is 5.02 Å². The average Bonchev–Trinajstić information content (AvgIpc) is 2.44. The molecule has 1 heterocycles. The van der Waals surface area contributed by atoms with Gasteiger partial charge in [0.05, 0.1) is 16.5 Å². The van der Waals surface area contributed by atoms with Gasteiger partial charge < -0.3 is 5.32 Å². The Kier molecular flexibility index (Phi) is 5.83. The summed E-state index contributed by atoms with van der Waals surface area (Å²) in [6.45, 7) is 5.80. The molecule has 0 aliphatic carbocycles. The molecule has 2 aromatic rings. The van der Waals surface area contributed by atoms with E-state index in [4.69, 9.17) is 11.6 Å².